The number of amides is 2. The number of fused-ring (bicyclic) bond motifs is 1. The molecule has 1 aliphatic carbocycles. The van der Waals surface area contributed by atoms with Crippen LogP contribution in [-0.4, -0.2) is 12.1 Å². The van der Waals surface area contributed by atoms with E-state index in [1.165, 1.54) is 29.5 Å². The van der Waals surface area contributed by atoms with Crippen LogP contribution in [-0.2, 0) is 19.3 Å². The molecule has 3 nitrogen and oxygen atoms in total. The van der Waals surface area contributed by atoms with E-state index < -0.39 is 0 Å². The Kier molecular flexibility index (Phi) is 4.96. The molecule has 2 aromatic rings. The zero-order valence-electron chi connectivity index (χ0n) is 13.6. The molecule has 2 amide bonds. The number of hydrogen-bond acceptors (Lipinski definition) is 1. The van der Waals surface area contributed by atoms with Crippen LogP contribution >= 0.6 is 0 Å². The first-order valence-electron chi connectivity index (χ1n) is 8.44. The summed E-state index contributed by atoms with van der Waals surface area (Å²) >= 11 is 0. The molecule has 0 saturated heterocycles. The molecular weight excluding hydrogens is 284 g/mol. The Morgan fingerprint density at radius 3 is 2.70 bits per heavy atom. The minimum atomic E-state index is -0.122. The third-order valence-electron chi connectivity index (χ3n) is 4.44. The van der Waals surface area contributed by atoms with Crippen molar-refractivity contribution in [2.45, 2.75) is 45.1 Å². The van der Waals surface area contributed by atoms with Crippen molar-refractivity contribution in [1.29, 1.82) is 0 Å². The SMILES string of the molecule is C[C@H](CCc1ccccc1)NC(=O)Nc1ccc2c(c1)CCC2. The van der Waals surface area contributed by atoms with Crippen molar-refractivity contribution in [3.63, 3.8) is 0 Å². The van der Waals surface area contributed by atoms with E-state index in [9.17, 15) is 4.79 Å². The third kappa shape index (κ3) is 4.35. The van der Waals surface area contributed by atoms with Crippen molar-refractivity contribution in [3.8, 4) is 0 Å². The minimum absolute atomic E-state index is 0.122. The average molecular weight is 308 g/mol. The van der Waals surface area contributed by atoms with Crippen LogP contribution in [0.2, 0.25) is 0 Å². The summed E-state index contributed by atoms with van der Waals surface area (Å²) in [5, 5.41) is 5.97. The second kappa shape index (κ2) is 7.32. The van der Waals surface area contributed by atoms with Crippen LogP contribution in [0.3, 0.4) is 0 Å². The van der Waals surface area contributed by atoms with Crippen molar-refractivity contribution in [2.75, 3.05) is 5.32 Å². The lowest BCUT2D eigenvalue weighted by atomic mass is 10.1. The molecule has 1 aliphatic rings. The molecule has 0 saturated carbocycles. The van der Waals surface area contributed by atoms with Crippen molar-refractivity contribution >= 4 is 11.7 Å². The van der Waals surface area contributed by atoms with Gasteiger partial charge in [-0.25, -0.2) is 4.79 Å². The number of nitrogens with one attached hydrogen (secondary N) is 2. The van der Waals surface area contributed by atoms with Gasteiger partial charge in [0.1, 0.15) is 0 Å². The van der Waals surface area contributed by atoms with Crippen molar-refractivity contribution in [3.05, 3.63) is 65.2 Å². The molecule has 0 aromatic heterocycles. The average Bonchev–Trinajstić information content (AvgIpc) is 3.01. The smallest absolute Gasteiger partial charge is 0.319 e. The predicted molar refractivity (Wildman–Crippen MR) is 94.8 cm³/mol. The van der Waals surface area contributed by atoms with Gasteiger partial charge in [0.05, 0.1) is 0 Å². The van der Waals surface area contributed by atoms with E-state index in [2.05, 4.69) is 34.9 Å². The highest BCUT2D eigenvalue weighted by atomic mass is 16.2. The second-order valence-electron chi connectivity index (χ2n) is 6.36. The number of anilines is 1. The standard InChI is InChI=1S/C20H24N2O/c1-15(10-11-16-6-3-2-4-7-16)21-20(23)22-19-13-12-17-8-5-9-18(17)14-19/h2-4,6-7,12-15H,5,8-11H2,1H3,(H2,21,22,23)/t15-/m1/s1. The lowest BCUT2D eigenvalue weighted by Crippen LogP contribution is -2.36. The van der Waals surface area contributed by atoms with Crippen LogP contribution in [0.25, 0.3) is 0 Å². The lowest BCUT2D eigenvalue weighted by molar-refractivity contribution is 0.248. The molecule has 2 N–H and O–H groups in total. The van der Waals surface area contributed by atoms with E-state index in [0.717, 1.165) is 24.9 Å². The summed E-state index contributed by atoms with van der Waals surface area (Å²) in [7, 11) is 0. The molecule has 1 atom stereocenters. The molecule has 3 rings (SSSR count). The molecular formula is C20H24N2O. The van der Waals surface area contributed by atoms with Gasteiger partial charge >= 0.3 is 6.03 Å². The fourth-order valence-corrected chi connectivity index (χ4v) is 3.14. The summed E-state index contributed by atoms with van der Waals surface area (Å²) < 4.78 is 0. The highest BCUT2D eigenvalue weighted by Gasteiger charge is 2.12. The molecule has 120 valence electrons. The highest BCUT2D eigenvalue weighted by molar-refractivity contribution is 5.89. The van der Waals surface area contributed by atoms with Gasteiger partial charge in [-0.3, -0.25) is 0 Å². The molecule has 0 spiro atoms. The first-order chi connectivity index (χ1) is 11.2. The molecule has 0 aliphatic heterocycles. The number of aryl methyl sites for hydroxylation is 3. The fourth-order valence-electron chi connectivity index (χ4n) is 3.14. The van der Waals surface area contributed by atoms with Crippen LogP contribution in [0.4, 0.5) is 10.5 Å². The number of rotatable bonds is 5. The van der Waals surface area contributed by atoms with Crippen molar-refractivity contribution in [2.24, 2.45) is 0 Å². The van der Waals surface area contributed by atoms with Gasteiger partial charge in [-0.05, 0) is 67.9 Å². The van der Waals surface area contributed by atoms with Crippen LogP contribution in [0.1, 0.15) is 36.5 Å². The molecule has 2 aromatic carbocycles. The normalized spacial score (nSPS) is 14.1. The Morgan fingerprint density at radius 2 is 1.87 bits per heavy atom. The summed E-state index contributed by atoms with van der Waals surface area (Å²) in [6.07, 6.45) is 5.42. The number of benzene rings is 2. The van der Waals surface area contributed by atoms with Crippen molar-refractivity contribution < 1.29 is 4.79 Å². The molecule has 0 heterocycles. The Morgan fingerprint density at radius 1 is 1.09 bits per heavy atom. The maximum atomic E-state index is 12.1. The van der Waals surface area contributed by atoms with Gasteiger partial charge in [-0.15, -0.1) is 0 Å². The van der Waals surface area contributed by atoms with E-state index in [1.807, 2.05) is 31.2 Å². The largest absolute Gasteiger partial charge is 0.335 e. The lowest BCUT2D eigenvalue weighted by Gasteiger charge is -2.15. The van der Waals surface area contributed by atoms with E-state index >= 15 is 0 Å². The van der Waals surface area contributed by atoms with Gasteiger partial charge in [0, 0.05) is 11.7 Å². The minimum Gasteiger partial charge on any atom is -0.335 e. The number of carbonyl (C=O) groups is 1. The highest BCUT2D eigenvalue weighted by Crippen LogP contribution is 2.24. The zero-order valence-corrected chi connectivity index (χ0v) is 13.6. The van der Waals surface area contributed by atoms with Gasteiger partial charge in [0.25, 0.3) is 0 Å². The molecule has 23 heavy (non-hydrogen) atoms. The van der Waals surface area contributed by atoms with E-state index in [0.29, 0.717) is 0 Å². The van der Waals surface area contributed by atoms with Gasteiger partial charge in [0.2, 0.25) is 0 Å². The molecule has 3 heteroatoms. The number of urea groups is 1. The zero-order chi connectivity index (χ0) is 16.1. The van der Waals surface area contributed by atoms with E-state index in [1.54, 1.807) is 0 Å². The van der Waals surface area contributed by atoms with Crippen LogP contribution < -0.4 is 10.6 Å². The van der Waals surface area contributed by atoms with Crippen molar-refractivity contribution in [1.82, 2.24) is 5.32 Å². The van der Waals surface area contributed by atoms with Crippen LogP contribution in [0.5, 0.6) is 0 Å². The summed E-state index contributed by atoms with van der Waals surface area (Å²) in [5.74, 6) is 0. The Balaban J connectivity index is 1.47. The maximum absolute atomic E-state index is 12.1. The first kappa shape index (κ1) is 15.6. The molecule has 0 unspecified atom stereocenters. The quantitative estimate of drug-likeness (QED) is 0.848. The van der Waals surface area contributed by atoms with Gasteiger partial charge in [-0.2, -0.15) is 0 Å². The van der Waals surface area contributed by atoms with Crippen LogP contribution in [0.15, 0.2) is 48.5 Å². The summed E-state index contributed by atoms with van der Waals surface area (Å²) in [5.41, 5.74) is 4.99. The number of hydrogen-bond donors (Lipinski definition) is 2. The Bertz CT molecular complexity index is 667. The molecule has 0 bridgehead atoms. The Labute approximate surface area is 138 Å². The van der Waals surface area contributed by atoms with E-state index in [4.69, 9.17) is 0 Å². The third-order valence-corrected chi connectivity index (χ3v) is 4.44. The summed E-state index contributed by atoms with van der Waals surface area (Å²) in [6.45, 7) is 2.05. The number of carbonyl (C=O) groups excluding carboxylic acids is 1. The molecule has 0 fully saturated rings. The van der Waals surface area contributed by atoms with Gasteiger partial charge < -0.3 is 10.6 Å². The topological polar surface area (TPSA) is 41.1 Å². The van der Waals surface area contributed by atoms with Crippen LogP contribution in [0, 0.1) is 0 Å². The predicted octanol–water partition coefficient (Wildman–Crippen LogP) is 4.32. The monoisotopic (exact) mass is 308 g/mol. The first-order valence-corrected chi connectivity index (χ1v) is 8.44. The Hall–Kier alpha value is -2.29. The second-order valence-corrected chi connectivity index (χ2v) is 6.36. The maximum Gasteiger partial charge on any atom is 0.319 e. The van der Waals surface area contributed by atoms with Gasteiger partial charge in [0.15, 0.2) is 0 Å². The summed E-state index contributed by atoms with van der Waals surface area (Å²) in [6, 6.07) is 16.6. The fraction of sp³-hybridized carbons (Fsp3) is 0.350. The van der Waals surface area contributed by atoms with E-state index in [-0.39, 0.29) is 12.1 Å². The van der Waals surface area contributed by atoms with Gasteiger partial charge in [-0.1, -0.05) is 36.4 Å². The summed E-state index contributed by atoms with van der Waals surface area (Å²) in [4.78, 5) is 12.1. The molecule has 0 radical (unpaired) electrons.